The second kappa shape index (κ2) is 7.04. The minimum Gasteiger partial charge on any atom is -0.478 e. The van der Waals surface area contributed by atoms with Crippen molar-refractivity contribution in [3.05, 3.63) is 69.0 Å². The van der Waals surface area contributed by atoms with Gasteiger partial charge in [0.25, 0.3) is 10.0 Å². The lowest BCUT2D eigenvalue weighted by atomic mass is 10.2. The molecule has 0 amide bonds. The fourth-order valence-electron chi connectivity index (χ4n) is 1.69. The van der Waals surface area contributed by atoms with E-state index in [4.69, 9.17) is 28.3 Å². The number of benzene rings is 2. The average Bonchev–Trinajstić information content (AvgIpc) is 2.48. The van der Waals surface area contributed by atoms with Crippen LogP contribution in [0.1, 0.15) is 15.9 Å². The van der Waals surface area contributed by atoms with E-state index < -0.39 is 16.0 Å². The van der Waals surface area contributed by atoms with E-state index >= 15 is 0 Å². The molecule has 2 aromatic rings. The molecule has 0 saturated carbocycles. The lowest BCUT2D eigenvalue weighted by molar-refractivity contribution is 0.0697. The predicted octanol–water partition coefficient (Wildman–Crippen LogP) is 4.10. The van der Waals surface area contributed by atoms with Crippen molar-refractivity contribution in [3.63, 3.8) is 0 Å². The second-order valence-electron chi connectivity index (χ2n) is 4.50. The molecule has 0 aromatic heterocycles. The molecule has 23 heavy (non-hydrogen) atoms. The normalized spacial score (nSPS) is 11.6. The summed E-state index contributed by atoms with van der Waals surface area (Å²) in [6.45, 7) is 0. The Balaban J connectivity index is 2.19. The van der Waals surface area contributed by atoms with Gasteiger partial charge >= 0.3 is 5.97 Å². The first-order valence-corrected chi connectivity index (χ1v) is 8.56. The highest BCUT2D eigenvalue weighted by Crippen LogP contribution is 2.21. The number of carbonyl (C=O) groups is 1. The van der Waals surface area contributed by atoms with Crippen LogP contribution in [0.2, 0.25) is 10.0 Å². The summed E-state index contributed by atoms with van der Waals surface area (Å²) in [7, 11) is -3.80. The maximum absolute atomic E-state index is 12.0. The number of aromatic carboxylic acids is 1. The van der Waals surface area contributed by atoms with Crippen LogP contribution >= 0.6 is 23.2 Å². The summed E-state index contributed by atoms with van der Waals surface area (Å²) in [4.78, 5) is 11.0. The van der Waals surface area contributed by atoms with Gasteiger partial charge in [-0.1, -0.05) is 35.3 Å². The van der Waals surface area contributed by atoms with Crippen molar-refractivity contribution in [3.8, 4) is 0 Å². The van der Waals surface area contributed by atoms with Crippen molar-refractivity contribution in [2.45, 2.75) is 0 Å². The lowest BCUT2D eigenvalue weighted by Gasteiger charge is -2.06. The van der Waals surface area contributed by atoms with Crippen LogP contribution in [0.4, 0.5) is 5.69 Å². The summed E-state index contributed by atoms with van der Waals surface area (Å²) < 4.78 is 26.3. The monoisotopic (exact) mass is 371 g/mol. The molecule has 0 aliphatic carbocycles. The summed E-state index contributed by atoms with van der Waals surface area (Å²) in [6, 6.07) is 10.4. The molecule has 2 N–H and O–H groups in total. The van der Waals surface area contributed by atoms with Gasteiger partial charge in [0.15, 0.2) is 0 Å². The molecule has 0 saturated heterocycles. The van der Waals surface area contributed by atoms with Crippen LogP contribution in [0.3, 0.4) is 0 Å². The van der Waals surface area contributed by atoms with Gasteiger partial charge in [0, 0.05) is 10.7 Å². The topological polar surface area (TPSA) is 83.5 Å². The van der Waals surface area contributed by atoms with E-state index in [2.05, 4.69) is 4.72 Å². The van der Waals surface area contributed by atoms with Crippen molar-refractivity contribution in [1.29, 1.82) is 0 Å². The van der Waals surface area contributed by atoms with Crippen LogP contribution in [0.5, 0.6) is 0 Å². The van der Waals surface area contributed by atoms with Crippen molar-refractivity contribution < 1.29 is 18.3 Å². The molecular weight excluding hydrogens is 361 g/mol. The van der Waals surface area contributed by atoms with Crippen LogP contribution < -0.4 is 4.72 Å². The van der Waals surface area contributed by atoms with E-state index in [0.717, 1.165) is 11.5 Å². The Bertz CT molecular complexity index is 862. The third kappa shape index (κ3) is 4.99. The average molecular weight is 372 g/mol. The molecule has 0 fully saturated rings. The van der Waals surface area contributed by atoms with E-state index in [0.29, 0.717) is 10.6 Å². The summed E-state index contributed by atoms with van der Waals surface area (Å²) in [6.07, 6.45) is 1.40. The van der Waals surface area contributed by atoms with Gasteiger partial charge in [0.2, 0.25) is 0 Å². The first-order valence-electron chi connectivity index (χ1n) is 6.26. The molecule has 0 aliphatic rings. The molecule has 2 rings (SSSR count). The lowest BCUT2D eigenvalue weighted by Crippen LogP contribution is -2.09. The highest BCUT2D eigenvalue weighted by atomic mass is 35.5. The Kier molecular flexibility index (Phi) is 5.30. The van der Waals surface area contributed by atoms with Crippen molar-refractivity contribution in [1.82, 2.24) is 0 Å². The number of anilines is 1. The number of nitrogens with one attached hydrogen (secondary N) is 1. The standard InChI is InChI=1S/C15H11Cl2NO4S/c16-11-3-1-10(2-4-11)7-8-23(21,22)18-12-5-6-14(17)13(9-12)15(19)20/h1-9,18H,(H,19,20). The zero-order valence-corrected chi connectivity index (χ0v) is 13.9. The maximum Gasteiger partial charge on any atom is 0.337 e. The molecule has 8 heteroatoms. The molecule has 2 aromatic carbocycles. The Hall–Kier alpha value is -2.02. The Morgan fingerprint density at radius 2 is 1.74 bits per heavy atom. The number of rotatable bonds is 5. The Morgan fingerprint density at radius 1 is 1.09 bits per heavy atom. The predicted molar refractivity (Wildman–Crippen MR) is 91.4 cm³/mol. The zero-order valence-electron chi connectivity index (χ0n) is 11.5. The molecule has 0 radical (unpaired) electrons. The molecule has 0 heterocycles. The summed E-state index contributed by atoms with van der Waals surface area (Å²) >= 11 is 11.5. The Morgan fingerprint density at radius 3 is 2.35 bits per heavy atom. The largest absolute Gasteiger partial charge is 0.478 e. The minimum absolute atomic E-state index is 0.0251. The smallest absolute Gasteiger partial charge is 0.337 e. The van der Waals surface area contributed by atoms with E-state index in [-0.39, 0.29) is 16.3 Å². The van der Waals surface area contributed by atoms with E-state index in [1.807, 2.05) is 0 Å². The van der Waals surface area contributed by atoms with Crippen LogP contribution in [0, 0.1) is 0 Å². The molecule has 0 aliphatic heterocycles. The van der Waals surface area contributed by atoms with Crippen LogP contribution in [0.25, 0.3) is 6.08 Å². The van der Waals surface area contributed by atoms with Crippen LogP contribution in [-0.2, 0) is 10.0 Å². The molecule has 0 atom stereocenters. The maximum atomic E-state index is 12.0. The van der Waals surface area contributed by atoms with E-state index in [9.17, 15) is 13.2 Å². The quantitative estimate of drug-likeness (QED) is 0.828. The van der Waals surface area contributed by atoms with Gasteiger partial charge in [-0.25, -0.2) is 13.2 Å². The first kappa shape index (κ1) is 17.3. The highest BCUT2D eigenvalue weighted by molar-refractivity contribution is 7.95. The number of sulfonamides is 1. The highest BCUT2D eigenvalue weighted by Gasteiger charge is 2.12. The molecule has 0 unspecified atom stereocenters. The van der Waals surface area contributed by atoms with Gasteiger partial charge in [0.05, 0.1) is 16.0 Å². The summed E-state index contributed by atoms with van der Waals surface area (Å²) in [5.74, 6) is -1.24. The molecule has 0 spiro atoms. The Labute approximate surface area is 143 Å². The number of halogens is 2. The molecule has 120 valence electrons. The zero-order chi connectivity index (χ0) is 17.0. The third-order valence-corrected chi connectivity index (χ3v) is 4.36. The third-order valence-electron chi connectivity index (χ3n) is 2.77. The van der Waals surface area contributed by atoms with Crippen molar-refractivity contribution in [2.24, 2.45) is 0 Å². The van der Waals surface area contributed by atoms with E-state index in [1.54, 1.807) is 24.3 Å². The molecule has 5 nitrogen and oxygen atoms in total. The summed E-state index contributed by atoms with van der Waals surface area (Å²) in [5, 5.41) is 10.5. The number of carboxylic acids is 1. The van der Waals surface area contributed by atoms with Crippen LogP contribution in [0.15, 0.2) is 47.9 Å². The minimum atomic E-state index is -3.80. The fraction of sp³-hybridized carbons (Fsp3) is 0. The van der Waals surface area contributed by atoms with Crippen molar-refractivity contribution >= 4 is 51.0 Å². The summed E-state index contributed by atoms with van der Waals surface area (Å²) in [5.41, 5.74) is 0.572. The van der Waals surface area contributed by atoms with Gasteiger partial charge < -0.3 is 5.11 Å². The van der Waals surface area contributed by atoms with Crippen LogP contribution in [-0.4, -0.2) is 19.5 Å². The molecular formula is C15H11Cl2NO4S. The molecule has 0 bridgehead atoms. The fourth-order valence-corrected chi connectivity index (χ4v) is 2.88. The van der Waals surface area contributed by atoms with Gasteiger partial charge in [-0.05, 0) is 42.0 Å². The van der Waals surface area contributed by atoms with Gasteiger partial charge in [-0.15, -0.1) is 0 Å². The number of hydrogen-bond donors (Lipinski definition) is 2. The number of hydrogen-bond acceptors (Lipinski definition) is 3. The number of carboxylic acid groups (broad SMARTS) is 1. The van der Waals surface area contributed by atoms with Gasteiger partial charge in [-0.3, -0.25) is 4.72 Å². The van der Waals surface area contributed by atoms with Gasteiger partial charge in [-0.2, -0.15) is 0 Å². The second-order valence-corrected chi connectivity index (χ2v) is 6.91. The van der Waals surface area contributed by atoms with Gasteiger partial charge in [0.1, 0.15) is 0 Å². The first-order chi connectivity index (χ1) is 10.8. The SMILES string of the molecule is O=C(O)c1cc(NS(=O)(=O)C=Cc2ccc(Cl)cc2)ccc1Cl. The van der Waals surface area contributed by atoms with Crippen molar-refractivity contribution in [2.75, 3.05) is 4.72 Å². The van der Waals surface area contributed by atoms with E-state index in [1.165, 1.54) is 18.2 Å².